The lowest BCUT2D eigenvalue weighted by Crippen LogP contribution is -2.37. The van der Waals surface area contributed by atoms with Crippen LogP contribution in [-0.4, -0.2) is 30.8 Å². The number of rotatable bonds is 5. The van der Waals surface area contributed by atoms with Gasteiger partial charge in [0.05, 0.1) is 5.69 Å². The highest BCUT2D eigenvalue weighted by molar-refractivity contribution is 7.89. The van der Waals surface area contributed by atoms with Gasteiger partial charge >= 0.3 is 0 Å². The molecule has 1 unspecified atom stereocenters. The van der Waals surface area contributed by atoms with Crippen LogP contribution in [0, 0.1) is 5.92 Å². The van der Waals surface area contributed by atoms with Crippen molar-refractivity contribution >= 4 is 15.7 Å². The molecule has 0 radical (unpaired) electrons. The lowest BCUT2D eigenvalue weighted by Gasteiger charge is -2.24. The minimum atomic E-state index is -3.61. The molecule has 1 aliphatic rings. The molecule has 0 bridgehead atoms. The van der Waals surface area contributed by atoms with Crippen molar-refractivity contribution in [3.8, 4) is 0 Å². The molecule has 7 heteroatoms. The summed E-state index contributed by atoms with van der Waals surface area (Å²) in [6, 6.07) is 3.22. The first-order valence-electron chi connectivity index (χ1n) is 5.88. The van der Waals surface area contributed by atoms with Crippen LogP contribution in [0.4, 0.5) is 5.69 Å². The van der Waals surface area contributed by atoms with Crippen LogP contribution in [0.2, 0.25) is 0 Å². The second-order valence-corrected chi connectivity index (χ2v) is 6.51. The first-order chi connectivity index (χ1) is 8.48. The third-order valence-corrected chi connectivity index (χ3v) is 5.33. The summed E-state index contributed by atoms with van der Waals surface area (Å²) in [5.74, 6) is 5.78. The van der Waals surface area contributed by atoms with Crippen molar-refractivity contribution < 1.29 is 8.42 Å². The van der Waals surface area contributed by atoms with Crippen LogP contribution < -0.4 is 11.3 Å². The fourth-order valence-electron chi connectivity index (χ4n) is 1.94. The summed E-state index contributed by atoms with van der Waals surface area (Å²) in [4.78, 5) is 3.93. The van der Waals surface area contributed by atoms with Gasteiger partial charge in [-0.3, -0.25) is 5.84 Å². The van der Waals surface area contributed by atoms with E-state index < -0.39 is 10.0 Å². The van der Waals surface area contributed by atoms with Gasteiger partial charge in [-0.15, -0.1) is 0 Å². The summed E-state index contributed by atoms with van der Waals surface area (Å²) in [5.41, 5.74) is 2.68. The zero-order chi connectivity index (χ0) is 13.3. The Balaban J connectivity index is 2.34. The Kier molecular flexibility index (Phi) is 3.56. The average molecular weight is 270 g/mol. The Morgan fingerprint density at radius 1 is 1.56 bits per heavy atom. The minimum absolute atomic E-state index is 0.0115. The van der Waals surface area contributed by atoms with Crippen LogP contribution in [0.15, 0.2) is 23.4 Å². The molecule has 0 amide bonds. The number of nitrogen functional groups attached to an aromatic ring is 1. The predicted molar refractivity (Wildman–Crippen MR) is 69.2 cm³/mol. The van der Waals surface area contributed by atoms with Gasteiger partial charge in [-0.1, -0.05) is 0 Å². The van der Waals surface area contributed by atoms with Crippen molar-refractivity contribution in [2.24, 2.45) is 11.8 Å². The summed E-state index contributed by atoms with van der Waals surface area (Å²) in [6.45, 7) is 1.92. The molecule has 0 spiro atoms. The molecule has 1 aromatic rings. The van der Waals surface area contributed by atoms with Crippen molar-refractivity contribution in [3.63, 3.8) is 0 Å². The topological polar surface area (TPSA) is 88.3 Å². The Morgan fingerprint density at radius 2 is 2.22 bits per heavy atom. The van der Waals surface area contributed by atoms with E-state index in [-0.39, 0.29) is 11.1 Å². The maximum atomic E-state index is 12.5. The zero-order valence-electron chi connectivity index (χ0n) is 10.5. The third kappa shape index (κ3) is 2.33. The highest BCUT2D eigenvalue weighted by Gasteiger charge is 2.37. The molecule has 3 N–H and O–H groups in total. The zero-order valence-corrected chi connectivity index (χ0v) is 11.3. The molecule has 1 aromatic heterocycles. The number of nitrogens with two attached hydrogens (primary N) is 1. The summed E-state index contributed by atoms with van der Waals surface area (Å²) in [7, 11) is -2.02. The highest BCUT2D eigenvalue weighted by Crippen LogP contribution is 2.36. The minimum Gasteiger partial charge on any atom is -0.321 e. The van der Waals surface area contributed by atoms with Gasteiger partial charge in [0.2, 0.25) is 0 Å². The quantitative estimate of drug-likeness (QED) is 0.610. The molecule has 0 aliphatic heterocycles. The second kappa shape index (κ2) is 4.83. The number of sulfonamides is 1. The lowest BCUT2D eigenvalue weighted by molar-refractivity contribution is 0.356. The van der Waals surface area contributed by atoms with E-state index in [1.807, 2.05) is 6.92 Å². The van der Waals surface area contributed by atoms with Gasteiger partial charge in [0.25, 0.3) is 10.0 Å². The third-order valence-electron chi connectivity index (χ3n) is 3.43. The molecule has 1 saturated carbocycles. The summed E-state index contributed by atoms with van der Waals surface area (Å²) < 4.78 is 26.3. The standard InChI is InChI=1S/C11H18N4O2S/c1-8(9-5-6-9)15(2)18(16,17)11-10(14-12)4-3-7-13-11/h3-4,7-9,14H,5-6,12H2,1-2H3. The molecule has 1 aliphatic carbocycles. The fraction of sp³-hybridized carbons (Fsp3) is 0.545. The highest BCUT2D eigenvalue weighted by atomic mass is 32.2. The van der Waals surface area contributed by atoms with Gasteiger partial charge in [0.1, 0.15) is 0 Å². The first kappa shape index (κ1) is 13.3. The van der Waals surface area contributed by atoms with Crippen molar-refractivity contribution in [3.05, 3.63) is 18.3 Å². The molecule has 1 atom stereocenters. The van der Waals surface area contributed by atoms with Crippen molar-refractivity contribution in [1.82, 2.24) is 9.29 Å². The predicted octanol–water partition coefficient (Wildman–Crippen LogP) is 0.786. The number of hydrogen-bond acceptors (Lipinski definition) is 5. The average Bonchev–Trinajstić information content (AvgIpc) is 3.21. The van der Waals surface area contributed by atoms with Gasteiger partial charge in [-0.05, 0) is 37.8 Å². The van der Waals surface area contributed by atoms with E-state index in [0.29, 0.717) is 11.6 Å². The molecule has 0 aromatic carbocycles. The molecular weight excluding hydrogens is 252 g/mol. The number of anilines is 1. The van der Waals surface area contributed by atoms with E-state index in [0.717, 1.165) is 12.8 Å². The smallest absolute Gasteiger partial charge is 0.262 e. The molecule has 1 fully saturated rings. The van der Waals surface area contributed by atoms with Crippen molar-refractivity contribution in [2.45, 2.75) is 30.8 Å². The van der Waals surface area contributed by atoms with E-state index in [9.17, 15) is 8.42 Å². The number of pyridine rings is 1. The number of hydrogen-bond donors (Lipinski definition) is 2. The number of aromatic nitrogens is 1. The Hall–Kier alpha value is -1.18. The molecule has 100 valence electrons. The van der Waals surface area contributed by atoms with Gasteiger partial charge in [-0.25, -0.2) is 13.4 Å². The maximum Gasteiger partial charge on any atom is 0.262 e. The van der Waals surface area contributed by atoms with Gasteiger partial charge in [0.15, 0.2) is 5.03 Å². The van der Waals surface area contributed by atoms with Crippen LogP contribution in [0.25, 0.3) is 0 Å². The molecule has 1 heterocycles. The van der Waals surface area contributed by atoms with E-state index >= 15 is 0 Å². The molecular formula is C11H18N4O2S. The Morgan fingerprint density at radius 3 is 2.78 bits per heavy atom. The first-order valence-corrected chi connectivity index (χ1v) is 7.32. The van der Waals surface area contributed by atoms with Crippen LogP contribution in [0.3, 0.4) is 0 Å². The lowest BCUT2D eigenvalue weighted by atomic mass is 10.2. The summed E-state index contributed by atoms with van der Waals surface area (Å²) >= 11 is 0. The number of nitrogens with one attached hydrogen (secondary N) is 1. The summed E-state index contributed by atoms with van der Waals surface area (Å²) in [5, 5.41) is -0.0255. The Labute approximate surface area is 107 Å². The van der Waals surface area contributed by atoms with Gasteiger partial charge in [0, 0.05) is 19.3 Å². The van der Waals surface area contributed by atoms with E-state index in [1.165, 1.54) is 10.5 Å². The normalized spacial score (nSPS) is 17.8. The summed E-state index contributed by atoms with van der Waals surface area (Å²) in [6.07, 6.45) is 3.62. The van der Waals surface area contributed by atoms with Crippen LogP contribution in [-0.2, 0) is 10.0 Å². The molecule has 2 rings (SSSR count). The largest absolute Gasteiger partial charge is 0.321 e. The van der Waals surface area contributed by atoms with Crippen molar-refractivity contribution in [1.29, 1.82) is 0 Å². The number of hydrazine groups is 1. The number of nitrogens with zero attached hydrogens (tertiary/aromatic N) is 2. The van der Waals surface area contributed by atoms with E-state index in [2.05, 4.69) is 10.4 Å². The van der Waals surface area contributed by atoms with Gasteiger partial charge < -0.3 is 5.43 Å². The van der Waals surface area contributed by atoms with Crippen molar-refractivity contribution in [2.75, 3.05) is 12.5 Å². The van der Waals surface area contributed by atoms with Gasteiger partial charge in [-0.2, -0.15) is 4.31 Å². The SMILES string of the molecule is CC(C1CC1)N(C)S(=O)(=O)c1ncccc1NN. The monoisotopic (exact) mass is 270 g/mol. The maximum absolute atomic E-state index is 12.5. The second-order valence-electron chi connectivity index (χ2n) is 4.60. The van der Waals surface area contributed by atoms with Crippen LogP contribution in [0.5, 0.6) is 0 Å². The molecule has 18 heavy (non-hydrogen) atoms. The Bertz CT molecular complexity index is 528. The van der Waals surface area contributed by atoms with Crippen LogP contribution in [0.1, 0.15) is 19.8 Å². The molecule has 0 saturated heterocycles. The van der Waals surface area contributed by atoms with Crippen LogP contribution >= 0.6 is 0 Å². The fourth-order valence-corrected chi connectivity index (χ4v) is 3.42. The molecule has 6 nitrogen and oxygen atoms in total. The van der Waals surface area contributed by atoms with E-state index in [1.54, 1.807) is 19.2 Å². The van der Waals surface area contributed by atoms with E-state index in [4.69, 9.17) is 5.84 Å².